The lowest BCUT2D eigenvalue weighted by Crippen LogP contribution is -2.60. The van der Waals surface area contributed by atoms with Gasteiger partial charge in [0.2, 0.25) is 47.3 Å². The number of halogens is 1. The summed E-state index contributed by atoms with van der Waals surface area (Å²) in [5.74, 6) is -7.93. The van der Waals surface area contributed by atoms with Gasteiger partial charge < -0.3 is 68.0 Å². The van der Waals surface area contributed by atoms with Gasteiger partial charge in [-0.25, -0.2) is 0 Å². The number of carbonyl (C=O) groups is 9. The molecule has 3 fully saturated rings. The van der Waals surface area contributed by atoms with Gasteiger partial charge in [0.25, 0.3) is 0 Å². The van der Waals surface area contributed by atoms with Crippen molar-refractivity contribution in [2.75, 3.05) is 31.1 Å². The van der Waals surface area contributed by atoms with Crippen LogP contribution in [0, 0.1) is 0 Å². The molecule has 0 aliphatic carbocycles. The number of carboxylic acids is 1. The molecule has 8 atom stereocenters. The highest BCUT2D eigenvalue weighted by atomic mass is 79.9. The molecule has 22 nitrogen and oxygen atoms in total. The Morgan fingerprint density at radius 1 is 0.771 bits per heavy atom. The normalized spacial score (nSPS) is 25.7. The lowest BCUT2D eigenvalue weighted by molar-refractivity contribution is -0.144. The summed E-state index contributed by atoms with van der Waals surface area (Å²) in [6, 6.07) is 3.25. The van der Waals surface area contributed by atoms with E-state index < -0.39 is 121 Å². The number of carbonyl (C=O) groups excluding carboxylic acids is 8. The minimum atomic E-state index is -1.52. The summed E-state index contributed by atoms with van der Waals surface area (Å²) in [4.78, 5) is 133. The van der Waals surface area contributed by atoms with Gasteiger partial charge in [0.05, 0.1) is 12.6 Å². The Bertz CT molecular complexity index is 2670. The highest BCUT2D eigenvalue weighted by molar-refractivity contribution is 9.10. The first kappa shape index (κ1) is 51.7. The molecule has 374 valence electrons. The first-order chi connectivity index (χ1) is 33.5. The van der Waals surface area contributed by atoms with Gasteiger partial charge in [-0.2, -0.15) is 0 Å². The van der Waals surface area contributed by atoms with E-state index in [1.807, 2.05) is 24.3 Å². The molecular formula is C45H54BrN11O11S2. The zero-order valence-electron chi connectivity index (χ0n) is 37.6. The van der Waals surface area contributed by atoms with Gasteiger partial charge in [-0.3, -0.25) is 43.2 Å². The topological polar surface area (TPSA) is 344 Å². The molecule has 0 bridgehead atoms. The predicted molar refractivity (Wildman–Crippen MR) is 262 cm³/mol. The van der Waals surface area contributed by atoms with E-state index in [0.717, 1.165) is 52.8 Å². The van der Waals surface area contributed by atoms with Crippen LogP contribution >= 0.6 is 37.5 Å². The largest absolute Gasteiger partial charge is 0.481 e. The van der Waals surface area contributed by atoms with Crippen LogP contribution < -0.4 is 38.1 Å². The third kappa shape index (κ3) is 12.4. The fraction of sp³-hybridized carbons (Fsp3) is 0.444. The Morgan fingerprint density at radius 2 is 1.40 bits per heavy atom. The summed E-state index contributed by atoms with van der Waals surface area (Å²) in [6.45, 7) is -0.762. The predicted octanol–water partition coefficient (Wildman–Crippen LogP) is -0.722. The molecule has 7 rings (SSSR count). The van der Waals surface area contributed by atoms with Crippen LogP contribution in [0.15, 0.2) is 59.3 Å². The average Bonchev–Trinajstić information content (AvgIpc) is 4.16. The number of aliphatic hydroxyl groups is 1. The van der Waals surface area contributed by atoms with E-state index in [9.17, 15) is 53.4 Å². The molecular weight excluding hydrogens is 1010 g/mol. The smallest absolute Gasteiger partial charge is 0.303 e. The summed E-state index contributed by atoms with van der Waals surface area (Å²) in [5, 5.41) is 35.5. The van der Waals surface area contributed by atoms with E-state index in [1.165, 1.54) is 4.90 Å². The van der Waals surface area contributed by atoms with Crippen LogP contribution in [0.2, 0.25) is 0 Å². The first-order valence-corrected chi connectivity index (χ1v) is 25.8. The van der Waals surface area contributed by atoms with Crippen LogP contribution in [0.25, 0.3) is 21.8 Å². The Balaban J connectivity index is 1.25. The Labute approximate surface area is 416 Å². The van der Waals surface area contributed by atoms with Gasteiger partial charge in [0.1, 0.15) is 42.3 Å². The number of amides is 8. The van der Waals surface area contributed by atoms with Crippen molar-refractivity contribution in [2.45, 2.75) is 93.3 Å². The fourth-order valence-corrected chi connectivity index (χ4v) is 11.6. The Morgan fingerprint density at radius 3 is 2.09 bits per heavy atom. The maximum atomic E-state index is 14.6. The lowest BCUT2D eigenvalue weighted by Gasteiger charge is -2.31. The summed E-state index contributed by atoms with van der Waals surface area (Å²) >= 11 is 3.45. The SMILES string of the molecule is NCC(=O)NC1CSSCC(C(N)=O)NC(=O)[C@H](Cc2c[nH]c3cc(Br)ccc23)NC(=O)[C@@H]2CCCN2C(=O)[C@H](CCC(=O)O)NC(=O)C(Cc2c[nH]c3ccccc23)NC(=O)[C@@H]2C[C@@H](O)CN2C1=O. The monoisotopic (exact) mass is 1070 g/mol. The van der Waals surface area contributed by atoms with Gasteiger partial charge >= 0.3 is 5.97 Å². The number of hydrogen-bond donors (Lipinski definition) is 11. The number of aliphatic hydroxyl groups excluding tert-OH is 1. The van der Waals surface area contributed by atoms with Crippen molar-refractivity contribution in [1.82, 2.24) is 46.4 Å². The summed E-state index contributed by atoms with van der Waals surface area (Å²) in [6.07, 6.45) is 1.21. The molecule has 0 saturated carbocycles. The van der Waals surface area contributed by atoms with Crippen molar-refractivity contribution in [2.24, 2.45) is 11.5 Å². The fourth-order valence-electron chi connectivity index (χ4n) is 8.96. The molecule has 3 aliphatic rings. The highest BCUT2D eigenvalue weighted by Crippen LogP contribution is 2.28. The van der Waals surface area contributed by atoms with E-state index in [-0.39, 0.29) is 50.3 Å². The van der Waals surface area contributed by atoms with E-state index in [1.54, 1.807) is 30.6 Å². The molecule has 8 amide bonds. The number of hydrogen-bond acceptors (Lipinski definition) is 13. The third-order valence-corrected chi connectivity index (χ3v) is 15.4. The number of para-hydroxylation sites is 1. The number of aromatic nitrogens is 2. The second-order valence-corrected chi connectivity index (χ2v) is 20.8. The van der Waals surface area contributed by atoms with Crippen molar-refractivity contribution in [3.63, 3.8) is 0 Å². The van der Waals surface area contributed by atoms with Gasteiger partial charge in [-0.05, 0) is 48.6 Å². The molecule has 0 radical (unpaired) electrons. The molecule has 13 N–H and O–H groups in total. The molecule has 2 aromatic carbocycles. The number of nitrogens with zero attached hydrogens (tertiary/aromatic N) is 2. The number of nitrogens with two attached hydrogens (primary N) is 2. The van der Waals surface area contributed by atoms with Gasteiger partial charge in [0.15, 0.2) is 0 Å². The van der Waals surface area contributed by atoms with Crippen LogP contribution in [0.5, 0.6) is 0 Å². The molecule has 4 aromatic rings. The van der Waals surface area contributed by atoms with E-state index in [0.29, 0.717) is 17.5 Å². The van der Waals surface area contributed by atoms with E-state index >= 15 is 0 Å². The van der Waals surface area contributed by atoms with Crippen LogP contribution in [0.3, 0.4) is 0 Å². The maximum Gasteiger partial charge on any atom is 0.303 e. The van der Waals surface area contributed by atoms with Crippen molar-refractivity contribution in [3.05, 3.63) is 70.5 Å². The molecule has 0 spiro atoms. The summed E-state index contributed by atoms with van der Waals surface area (Å²) in [7, 11) is 2.09. The standard InChI is InChI=1S/C45H54BrN11O11S2/c46-24-7-8-27-23(18-50-30(27)14-24)13-32-41(64)55-33(39(48)62)20-69-70-21-34(51-37(59)16-47)45(68)57-19-25(58)15-36(57)43(66)54-31(12-22-17-49-28-5-2-1-4-26(22)28)40(63)52-29(9-10-38(60)61)44(67)56-11-3-6-35(56)42(65)53-32/h1-2,4-5,7-8,14,17-18,25,29,31-36,49-50,58H,3,6,9-13,15-16,19-21,47H2,(H2,48,62)(H,51,59)(H,52,63)(H,53,65)(H,54,66)(H,55,64)(H,60,61)/t25-,29+,31?,32+,33?,34?,35+,36+/m1/s1. The van der Waals surface area contributed by atoms with Crippen LogP contribution in [-0.2, 0) is 56.0 Å². The molecule has 25 heteroatoms. The number of benzene rings is 2. The van der Waals surface area contributed by atoms with Crippen molar-refractivity contribution < 1.29 is 53.4 Å². The molecule has 5 heterocycles. The maximum absolute atomic E-state index is 14.6. The van der Waals surface area contributed by atoms with Crippen molar-refractivity contribution in [1.29, 1.82) is 0 Å². The Hall–Kier alpha value is -6.15. The number of H-pyrrole nitrogens is 2. The second kappa shape index (κ2) is 23.2. The average molecular weight is 1070 g/mol. The third-order valence-electron chi connectivity index (χ3n) is 12.5. The summed E-state index contributed by atoms with van der Waals surface area (Å²) in [5.41, 5.74) is 14.1. The number of aromatic amines is 2. The second-order valence-electron chi connectivity index (χ2n) is 17.3. The number of nitrogens with one attached hydrogen (secondary N) is 7. The molecule has 3 aliphatic heterocycles. The van der Waals surface area contributed by atoms with E-state index in [4.69, 9.17) is 11.5 Å². The first-order valence-electron chi connectivity index (χ1n) is 22.6. The Kier molecular flexibility index (Phi) is 17.1. The number of primary amides is 1. The quantitative estimate of drug-likeness (QED) is 0.0874. The van der Waals surface area contributed by atoms with E-state index in [2.05, 4.69) is 52.5 Å². The minimum Gasteiger partial charge on any atom is -0.481 e. The van der Waals surface area contributed by atoms with Crippen molar-refractivity contribution in [3.8, 4) is 0 Å². The highest BCUT2D eigenvalue weighted by Gasteiger charge is 2.44. The van der Waals surface area contributed by atoms with Gasteiger partial charge in [-0.15, -0.1) is 0 Å². The molecule has 3 unspecified atom stereocenters. The number of fused-ring (bicyclic) bond motifs is 4. The molecule has 3 saturated heterocycles. The zero-order valence-corrected chi connectivity index (χ0v) is 40.8. The van der Waals surface area contributed by atoms with Crippen LogP contribution in [0.1, 0.15) is 43.2 Å². The molecule has 70 heavy (non-hydrogen) atoms. The van der Waals surface area contributed by atoms with Gasteiger partial charge in [0, 0.05) is 89.0 Å². The van der Waals surface area contributed by atoms with Gasteiger partial charge in [-0.1, -0.05) is 61.8 Å². The number of carboxylic acid groups (broad SMARTS) is 1. The number of rotatable bonds is 10. The van der Waals surface area contributed by atoms with Crippen LogP contribution in [0.4, 0.5) is 0 Å². The zero-order chi connectivity index (χ0) is 50.2. The molecule has 2 aromatic heterocycles. The van der Waals surface area contributed by atoms with Crippen LogP contribution in [-0.4, -0.2) is 163 Å². The lowest BCUT2D eigenvalue weighted by atomic mass is 10.0. The number of aliphatic carboxylic acids is 1. The summed E-state index contributed by atoms with van der Waals surface area (Å²) < 4.78 is 0.790. The van der Waals surface area contributed by atoms with Crippen molar-refractivity contribution >= 4 is 113 Å². The minimum absolute atomic E-state index is 0.0410.